The molecular formula is C18H22N2O3. The number of hydrogen-bond donors (Lipinski definition) is 1. The number of benzene rings is 1. The van der Waals surface area contributed by atoms with Gasteiger partial charge in [0, 0.05) is 23.5 Å². The zero-order valence-electron chi connectivity index (χ0n) is 13.4. The number of H-pyrrole nitrogens is 1. The molecule has 1 saturated carbocycles. The number of fused-ring (bicyclic) bond motifs is 2. The van der Waals surface area contributed by atoms with Gasteiger partial charge in [-0.1, -0.05) is 0 Å². The zero-order chi connectivity index (χ0) is 15.8. The largest absolute Gasteiger partial charge is 0.494 e. The van der Waals surface area contributed by atoms with E-state index in [1.165, 1.54) is 0 Å². The van der Waals surface area contributed by atoms with Crippen LogP contribution in [0.15, 0.2) is 24.3 Å². The van der Waals surface area contributed by atoms with Crippen LogP contribution in [0.3, 0.4) is 0 Å². The summed E-state index contributed by atoms with van der Waals surface area (Å²) in [4.78, 5) is 18.2. The molecule has 2 aromatic rings. The number of carbonyl (C=O) groups is 1. The molecule has 2 fully saturated rings. The molecular weight excluding hydrogens is 292 g/mol. The molecule has 2 atom stereocenters. The van der Waals surface area contributed by atoms with Crippen LogP contribution in [0, 0.1) is 0 Å². The quantitative estimate of drug-likeness (QED) is 0.947. The van der Waals surface area contributed by atoms with Gasteiger partial charge < -0.3 is 19.4 Å². The average molecular weight is 314 g/mol. The van der Waals surface area contributed by atoms with Crippen LogP contribution in [-0.4, -0.2) is 47.7 Å². The molecule has 0 spiro atoms. The van der Waals surface area contributed by atoms with E-state index in [-0.39, 0.29) is 18.1 Å². The highest BCUT2D eigenvalue weighted by molar-refractivity contribution is 5.98. The Morgan fingerprint density at radius 2 is 2.30 bits per heavy atom. The summed E-state index contributed by atoms with van der Waals surface area (Å²) in [7, 11) is 0. The van der Waals surface area contributed by atoms with Gasteiger partial charge in [0.05, 0.1) is 25.4 Å². The highest BCUT2D eigenvalue weighted by Crippen LogP contribution is 2.31. The van der Waals surface area contributed by atoms with Gasteiger partial charge in [-0.05, 0) is 44.4 Å². The fraction of sp³-hybridized carbons (Fsp3) is 0.500. The third kappa shape index (κ3) is 2.59. The van der Waals surface area contributed by atoms with Gasteiger partial charge in [-0.25, -0.2) is 0 Å². The average Bonchev–Trinajstić information content (AvgIpc) is 3.20. The monoisotopic (exact) mass is 314 g/mol. The lowest BCUT2D eigenvalue weighted by Gasteiger charge is -2.37. The molecule has 1 amide bonds. The summed E-state index contributed by atoms with van der Waals surface area (Å²) in [6.45, 7) is 3.92. The minimum absolute atomic E-state index is 0.0827. The summed E-state index contributed by atoms with van der Waals surface area (Å²) in [6, 6.07) is 8.06. The predicted octanol–water partition coefficient (Wildman–Crippen LogP) is 2.96. The number of hydrogen-bond acceptors (Lipinski definition) is 3. The highest BCUT2D eigenvalue weighted by Gasteiger charge is 2.38. The Bertz CT molecular complexity index is 724. The first kappa shape index (κ1) is 14.6. The SMILES string of the molecule is CCOc1ccc2cc(C(=O)N3CCO[C@@H]4CCC[C@H]43)[nH]c2c1. The topological polar surface area (TPSA) is 54.6 Å². The van der Waals surface area contributed by atoms with Crippen molar-refractivity contribution in [3.63, 3.8) is 0 Å². The van der Waals surface area contributed by atoms with E-state index in [0.717, 1.165) is 35.9 Å². The van der Waals surface area contributed by atoms with E-state index in [4.69, 9.17) is 9.47 Å². The summed E-state index contributed by atoms with van der Waals surface area (Å²) in [5, 5.41) is 1.04. The van der Waals surface area contributed by atoms with E-state index in [0.29, 0.717) is 25.5 Å². The predicted molar refractivity (Wildman–Crippen MR) is 87.9 cm³/mol. The van der Waals surface area contributed by atoms with E-state index in [1.807, 2.05) is 36.1 Å². The Morgan fingerprint density at radius 3 is 3.17 bits per heavy atom. The molecule has 1 aromatic carbocycles. The molecule has 0 radical (unpaired) electrons. The van der Waals surface area contributed by atoms with Crippen LogP contribution >= 0.6 is 0 Å². The van der Waals surface area contributed by atoms with E-state index >= 15 is 0 Å². The number of nitrogens with zero attached hydrogens (tertiary/aromatic N) is 1. The third-order valence-electron chi connectivity index (χ3n) is 4.88. The van der Waals surface area contributed by atoms with Crippen molar-refractivity contribution in [1.82, 2.24) is 9.88 Å². The molecule has 1 aliphatic heterocycles. The molecule has 0 bridgehead atoms. The van der Waals surface area contributed by atoms with Gasteiger partial charge in [0.25, 0.3) is 5.91 Å². The van der Waals surface area contributed by atoms with Crippen LogP contribution in [0.2, 0.25) is 0 Å². The molecule has 4 rings (SSSR count). The summed E-state index contributed by atoms with van der Waals surface area (Å²) < 4.78 is 11.3. The molecule has 1 aromatic heterocycles. The molecule has 122 valence electrons. The first-order chi connectivity index (χ1) is 11.3. The van der Waals surface area contributed by atoms with Gasteiger partial charge in [0.2, 0.25) is 0 Å². The van der Waals surface area contributed by atoms with Crippen molar-refractivity contribution in [3.8, 4) is 5.75 Å². The van der Waals surface area contributed by atoms with E-state index in [9.17, 15) is 4.79 Å². The number of ether oxygens (including phenoxy) is 2. The molecule has 1 N–H and O–H groups in total. The number of rotatable bonds is 3. The van der Waals surface area contributed by atoms with E-state index in [2.05, 4.69) is 4.98 Å². The Hall–Kier alpha value is -2.01. The van der Waals surface area contributed by atoms with Crippen molar-refractivity contribution in [1.29, 1.82) is 0 Å². The van der Waals surface area contributed by atoms with Crippen molar-refractivity contribution >= 4 is 16.8 Å². The Morgan fingerprint density at radius 1 is 1.39 bits per heavy atom. The van der Waals surface area contributed by atoms with Crippen molar-refractivity contribution < 1.29 is 14.3 Å². The first-order valence-corrected chi connectivity index (χ1v) is 8.44. The molecule has 1 saturated heterocycles. The summed E-state index contributed by atoms with van der Waals surface area (Å²) >= 11 is 0. The minimum atomic E-state index is 0.0827. The molecule has 5 heteroatoms. The molecule has 2 heterocycles. The highest BCUT2D eigenvalue weighted by atomic mass is 16.5. The second kappa shape index (κ2) is 5.89. The minimum Gasteiger partial charge on any atom is -0.494 e. The van der Waals surface area contributed by atoms with Crippen molar-refractivity contribution in [3.05, 3.63) is 30.0 Å². The molecule has 23 heavy (non-hydrogen) atoms. The second-order valence-electron chi connectivity index (χ2n) is 6.27. The first-order valence-electron chi connectivity index (χ1n) is 8.44. The number of aromatic nitrogens is 1. The Balaban J connectivity index is 1.61. The maximum absolute atomic E-state index is 12.9. The normalized spacial score (nSPS) is 24.0. The molecule has 1 aliphatic carbocycles. The Labute approximate surface area is 135 Å². The number of carbonyl (C=O) groups excluding carboxylic acids is 1. The van der Waals surface area contributed by atoms with Gasteiger partial charge in [0.15, 0.2) is 0 Å². The van der Waals surface area contributed by atoms with Crippen molar-refractivity contribution in [2.75, 3.05) is 19.8 Å². The number of aromatic amines is 1. The lowest BCUT2D eigenvalue weighted by atomic mass is 10.1. The summed E-state index contributed by atoms with van der Waals surface area (Å²) in [6.07, 6.45) is 3.48. The lowest BCUT2D eigenvalue weighted by Crippen LogP contribution is -2.51. The van der Waals surface area contributed by atoms with E-state index in [1.54, 1.807) is 0 Å². The van der Waals surface area contributed by atoms with Crippen LogP contribution in [-0.2, 0) is 4.74 Å². The third-order valence-corrected chi connectivity index (χ3v) is 4.88. The summed E-state index contributed by atoms with van der Waals surface area (Å²) in [5.41, 5.74) is 1.59. The van der Waals surface area contributed by atoms with Crippen LogP contribution in [0.1, 0.15) is 36.7 Å². The number of amides is 1. The Kier molecular flexibility index (Phi) is 3.73. The second-order valence-corrected chi connectivity index (χ2v) is 6.27. The van der Waals surface area contributed by atoms with Crippen molar-refractivity contribution in [2.24, 2.45) is 0 Å². The van der Waals surface area contributed by atoms with Gasteiger partial charge >= 0.3 is 0 Å². The standard InChI is InChI=1S/C18H22N2O3/c1-2-22-13-7-6-12-10-15(19-14(12)11-13)18(21)20-8-9-23-17-5-3-4-16(17)20/h6-7,10-11,16-17,19H,2-5,8-9H2,1H3/t16-,17-/m1/s1. The van der Waals surface area contributed by atoms with Gasteiger partial charge in [0.1, 0.15) is 11.4 Å². The van der Waals surface area contributed by atoms with Gasteiger partial charge in [-0.15, -0.1) is 0 Å². The van der Waals surface area contributed by atoms with Crippen LogP contribution < -0.4 is 4.74 Å². The fourth-order valence-electron chi connectivity index (χ4n) is 3.81. The van der Waals surface area contributed by atoms with Gasteiger partial charge in [-0.3, -0.25) is 4.79 Å². The van der Waals surface area contributed by atoms with Crippen LogP contribution in [0.5, 0.6) is 5.75 Å². The number of morpholine rings is 1. The van der Waals surface area contributed by atoms with E-state index < -0.39 is 0 Å². The summed E-state index contributed by atoms with van der Waals surface area (Å²) in [5.74, 6) is 0.905. The lowest BCUT2D eigenvalue weighted by molar-refractivity contribution is -0.0446. The molecule has 0 unspecified atom stereocenters. The maximum Gasteiger partial charge on any atom is 0.270 e. The van der Waals surface area contributed by atoms with Crippen molar-refractivity contribution in [2.45, 2.75) is 38.3 Å². The smallest absolute Gasteiger partial charge is 0.270 e. The maximum atomic E-state index is 12.9. The number of nitrogens with one attached hydrogen (secondary N) is 1. The van der Waals surface area contributed by atoms with Crippen LogP contribution in [0.4, 0.5) is 0 Å². The molecule has 5 nitrogen and oxygen atoms in total. The fourth-order valence-corrected chi connectivity index (χ4v) is 3.81. The van der Waals surface area contributed by atoms with Gasteiger partial charge in [-0.2, -0.15) is 0 Å². The zero-order valence-corrected chi connectivity index (χ0v) is 13.4. The van der Waals surface area contributed by atoms with Crippen LogP contribution in [0.25, 0.3) is 10.9 Å². The molecule has 2 aliphatic rings.